The summed E-state index contributed by atoms with van der Waals surface area (Å²) < 4.78 is 28.7. The molecule has 0 spiro atoms. The number of aliphatic hydroxyl groups is 1. The monoisotopic (exact) mass is 270 g/mol. The van der Waals surface area contributed by atoms with Gasteiger partial charge in [0.25, 0.3) is 0 Å². The molecule has 0 radical (unpaired) electrons. The predicted octanol–water partition coefficient (Wildman–Crippen LogP) is 4.15. The maximum atomic E-state index is 12.2. The largest absolute Gasteiger partial charge is 0.435 e. The summed E-state index contributed by atoms with van der Waals surface area (Å²) in [7, 11) is 0. The second-order valence-corrected chi connectivity index (χ2v) is 5.42. The molecule has 0 heterocycles. The van der Waals surface area contributed by atoms with Crippen molar-refractivity contribution in [2.75, 3.05) is 0 Å². The van der Waals surface area contributed by atoms with Crippen LogP contribution in [0.1, 0.15) is 44.3 Å². The fraction of sp³-hybridized carbons (Fsp3) is 0.600. The first-order valence-corrected chi connectivity index (χ1v) is 6.79. The van der Waals surface area contributed by atoms with E-state index in [1.54, 1.807) is 12.1 Å². The number of hydrogen-bond acceptors (Lipinski definition) is 2. The molecule has 2 nitrogen and oxygen atoms in total. The van der Waals surface area contributed by atoms with Crippen LogP contribution in [-0.2, 0) is 0 Å². The van der Waals surface area contributed by atoms with Crippen molar-refractivity contribution in [3.8, 4) is 5.75 Å². The summed E-state index contributed by atoms with van der Waals surface area (Å²) in [6.45, 7) is -0.609. The lowest BCUT2D eigenvalue weighted by Gasteiger charge is -2.30. The molecule has 1 aliphatic rings. The maximum absolute atomic E-state index is 12.2. The van der Waals surface area contributed by atoms with E-state index < -0.39 is 12.7 Å². The first-order valence-electron chi connectivity index (χ1n) is 6.79. The summed E-state index contributed by atoms with van der Waals surface area (Å²) in [5, 5.41) is 10.3. The summed E-state index contributed by atoms with van der Waals surface area (Å²) in [5.74, 6) is 1.05. The maximum Gasteiger partial charge on any atom is 0.387 e. The SMILES string of the molecule is CC1CCC(C(O)c2cccc(OC(F)F)c2)CC1. The third-order valence-electron chi connectivity index (χ3n) is 3.93. The molecule has 1 aromatic carbocycles. The van der Waals surface area contributed by atoms with Gasteiger partial charge in [-0.1, -0.05) is 31.9 Å². The van der Waals surface area contributed by atoms with E-state index in [9.17, 15) is 13.9 Å². The van der Waals surface area contributed by atoms with Gasteiger partial charge in [0.1, 0.15) is 5.75 Å². The Hall–Kier alpha value is -1.16. The Morgan fingerprint density at radius 1 is 1.21 bits per heavy atom. The molecule has 4 heteroatoms. The molecule has 1 N–H and O–H groups in total. The standard InChI is InChI=1S/C15H20F2O2/c1-10-5-7-11(8-6-10)14(18)12-3-2-4-13(9-12)19-15(16)17/h2-4,9-11,14-15,18H,5-8H2,1H3. The van der Waals surface area contributed by atoms with E-state index in [4.69, 9.17) is 0 Å². The Morgan fingerprint density at radius 2 is 1.89 bits per heavy atom. The van der Waals surface area contributed by atoms with Crippen molar-refractivity contribution in [1.29, 1.82) is 0 Å². The van der Waals surface area contributed by atoms with Crippen molar-refractivity contribution in [1.82, 2.24) is 0 Å². The first kappa shape index (κ1) is 14.3. The van der Waals surface area contributed by atoms with Gasteiger partial charge in [0.15, 0.2) is 0 Å². The van der Waals surface area contributed by atoms with Crippen LogP contribution in [-0.4, -0.2) is 11.7 Å². The zero-order chi connectivity index (χ0) is 13.8. The summed E-state index contributed by atoms with van der Waals surface area (Å²) in [5.41, 5.74) is 0.665. The van der Waals surface area contributed by atoms with Crippen LogP contribution in [0.15, 0.2) is 24.3 Å². The van der Waals surface area contributed by atoms with Crippen molar-refractivity contribution >= 4 is 0 Å². The number of hydrogen-bond donors (Lipinski definition) is 1. The van der Waals surface area contributed by atoms with E-state index in [1.165, 1.54) is 12.1 Å². The molecule has 1 unspecified atom stereocenters. The smallest absolute Gasteiger partial charge is 0.387 e. The zero-order valence-electron chi connectivity index (χ0n) is 11.1. The van der Waals surface area contributed by atoms with E-state index in [0.29, 0.717) is 5.56 Å². The van der Waals surface area contributed by atoms with Crippen LogP contribution in [0.5, 0.6) is 5.75 Å². The van der Waals surface area contributed by atoms with E-state index >= 15 is 0 Å². The van der Waals surface area contributed by atoms with E-state index in [0.717, 1.165) is 31.6 Å². The Kier molecular flexibility index (Phi) is 4.75. The zero-order valence-corrected chi connectivity index (χ0v) is 11.1. The molecule has 0 saturated heterocycles. The van der Waals surface area contributed by atoms with Crippen LogP contribution in [0, 0.1) is 11.8 Å². The van der Waals surface area contributed by atoms with Gasteiger partial charge >= 0.3 is 6.61 Å². The van der Waals surface area contributed by atoms with Crippen molar-refractivity contribution in [3.63, 3.8) is 0 Å². The molecule has 0 amide bonds. The fourth-order valence-corrected chi connectivity index (χ4v) is 2.75. The number of ether oxygens (including phenoxy) is 1. The minimum Gasteiger partial charge on any atom is -0.435 e. The normalized spacial score (nSPS) is 25.3. The van der Waals surface area contributed by atoms with Gasteiger partial charge in [-0.3, -0.25) is 0 Å². The lowest BCUT2D eigenvalue weighted by atomic mass is 9.78. The van der Waals surface area contributed by atoms with E-state index in [1.807, 2.05) is 0 Å². The molecule has 2 rings (SSSR count). The summed E-state index contributed by atoms with van der Waals surface area (Å²) in [4.78, 5) is 0. The van der Waals surface area contributed by atoms with Crippen LogP contribution in [0.25, 0.3) is 0 Å². The fourth-order valence-electron chi connectivity index (χ4n) is 2.75. The van der Waals surface area contributed by atoms with Crippen LogP contribution in [0.3, 0.4) is 0 Å². The van der Waals surface area contributed by atoms with Gasteiger partial charge in [0.2, 0.25) is 0 Å². The molecule has 1 saturated carbocycles. The first-order chi connectivity index (χ1) is 9.06. The van der Waals surface area contributed by atoms with Gasteiger partial charge in [-0.2, -0.15) is 8.78 Å². The average molecular weight is 270 g/mol. The average Bonchev–Trinajstić information content (AvgIpc) is 2.38. The van der Waals surface area contributed by atoms with Gasteiger partial charge < -0.3 is 9.84 Å². The molecule has 0 bridgehead atoms. The van der Waals surface area contributed by atoms with Gasteiger partial charge in [-0.05, 0) is 42.4 Å². The van der Waals surface area contributed by atoms with Crippen LogP contribution in [0.2, 0.25) is 0 Å². The Balaban J connectivity index is 2.04. The van der Waals surface area contributed by atoms with E-state index in [2.05, 4.69) is 11.7 Å². The Bertz CT molecular complexity index is 401. The number of rotatable bonds is 4. The second kappa shape index (κ2) is 6.33. The molecule has 0 aliphatic heterocycles. The van der Waals surface area contributed by atoms with Gasteiger partial charge in [-0.15, -0.1) is 0 Å². The van der Waals surface area contributed by atoms with Crippen molar-refractivity contribution in [2.45, 2.75) is 45.3 Å². The van der Waals surface area contributed by atoms with Gasteiger partial charge in [-0.25, -0.2) is 0 Å². The highest BCUT2D eigenvalue weighted by atomic mass is 19.3. The molecule has 1 fully saturated rings. The topological polar surface area (TPSA) is 29.5 Å². The van der Waals surface area contributed by atoms with Crippen molar-refractivity contribution in [3.05, 3.63) is 29.8 Å². The minimum atomic E-state index is -2.83. The van der Waals surface area contributed by atoms with Crippen molar-refractivity contribution in [2.24, 2.45) is 11.8 Å². The third kappa shape index (κ3) is 3.90. The van der Waals surface area contributed by atoms with Gasteiger partial charge in [0, 0.05) is 0 Å². The highest BCUT2D eigenvalue weighted by Crippen LogP contribution is 2.37. The Labute approximate surface area is 112 Å². The van der Waals surface area contributed by atoms with Crippen LogP contribution in [0.4, 0.5) is 8.78 Å². The molecule has 1 aromatic rings. The number of alkyl halides is 2. The molecular formula is C15H20F2O2. The molecule has 1 atom stereocenters. The predicted molar refractivity (Wildman–Crippen MR) is 69.2 cm³/mol. The molecule has 0 aromatic heterocycles. The number of benzene rings is 1. The highest BCUT2D eigenvalue weighted by Gasteiger charge is 2.25. The molecular weight excluding hydrogens is 250 g/mol. The summed E-state index contributed by atoms with van der Waals surface area (Å²) >= 11 is 0. The summed E-state index contributed by atoms with van der Waals surface area (Å²) in [6.07, 6.45) is 3.63. The number of aliphatic hydroxyl groups excluding tert-OH is 1. The third-order valence-corrected chi connectivity index (χ3v) is 3.93. The lowest BCUT2D eigenvalue weighted by molar-refractivity contribution is -0.0500. The van der Waals surface area contributed by atoms with Crippen molar-refractivity contribution < 1.29 is 18.6 Å². The van der Waals surface area contributed by atoms with Crippen LogP contribution >= 0.6 is 0 Å². The Morgan fingerprint density at radius 3 is 2.53 bits per heavy atom. The quantitative estimate of drug-likeness (QED) is 0.890. The number of halogens is 2. The lowest BCUT2D eigenvalue weighted by Crippen LogP contribution is -2.19. The molecule has 19 heavy (non-hydrogen) atoms. The van der Waals surface area contributed by atoms with Crippen LogP contribution < -0.4 is 4.74 Å². The highest BCUT2D eigenvalue weighted by molar-refractivity contribution is 5.30. The summed E-state index contributed by atoms with van der Waals surface area (Å²) in [6, 6.07) is 6.39. The second-order valence-electron chi connectivity index (χ2n) is 5.42. The molecule has 106 valence electrons. The molecule has 1 aliphatic carbocycles. The minimum absolute atomic E-state index is 0.107. The van der Waals surface area contributed by atoms with E-state index in [-0.39, 0.29) is 11.7 Å². The van der Waals surface area contributed by atoms with Gasteiger partial charge in [0.05, 0.1) is 6.10 Å².